The fourth-order valence-electron chi connectivity index (χ4n) is 6.00. The number of nitrogens with one attached hydrogen (secondary N) is 1. The molecule has 0 spiro atoms. The summed E-state index contributed by atoms with van der Waals surface area (Å²) in [5.41, 5.74) is 7.82. The van der Waals surface area contributed by atoms with Gasteiger partial charge in [-0.15, -0.1) is 0 Å². The monoisotopic (exact) mass is 271 g/mol. The Bertz CT molecular complexity index is 475. The standard InChI is InChI=1S/C17H25N3/c1-19-15(14-3-2-4-20-16(14)18)17-8-11-5-12(9-17)7-13(6-11)10-17/h2-4,11-13,15,19H,5-10H2,1H3,(H2,18,20). The molecule has 0 radical (unpaired) electrons. The third-order valence-electron chi connectivity index (χ3n) is 6.17. The molecule has 0 aromatic carbocycles. The zero-order valence-corrected chi connectivity index (χ0v) is 12.3. The van der Waals surface area contributed by atoms with Crippen LogP contribution in [-0.2, 0) is 0 Å². The number of aromatic nitrogens is 1. The van der Waals surface area contributed by atoms with E-state index in [2.05, 4.69) is 23.4 Å². The summed E-state index contributed by atoms with van der Waals surface area (Å²) >= 11 is 0. The molecule has 0 aliphatic heterocycles. The molecule has 1 atom stereocenters. The Morgan fingerprint density at radius 2 is 1.80 bits per heavy atom. The number of nitrogens with two attached hydrogens (primary N) is 1. The van der Waals surface area contributed by atoms with Crippen LogP contribution >= 0.6 is 0 Å². The molecular formula is C17H25N3. The van der Waals surface area contributed by atoms with Gasteiger partial charge in [-0.1, -0.05) is 6.07 Å². The predicted molar refractivity (Wildman–Crippen MR) is 81.1 cm³/mol. The van der Waals surface area contributed by atoms with Crippen molar-refractivity contribution in [3.8, 4) is 0 Å². The molecule has 3 nitrogen and oxygen atoms in total. The van der Waals surface area contributed by atoms with E-state index in [1.165, 1.54) is 44.1 Å². The maximum atomic E-state index is 6.16. The van der Waals surface area contributed by atoms with E-state index < -0.39 is 0 Å². The van der Waals surface area contributed by atoms with Crippen LogP contribution in [0.4, 0.5) is 5.82 Å². The average Bonchev–Trinajstić information content (AvgIpc) is 2.40. The highest BCUT2D eigenvalue weighted by atomic mass is 14.9. The molecule has 4 fully saturated rings. The Balaban J connectivity index is 1.73. The molecule has 3 heteroatoms. The van der Waals surface area contributed by atoms with Gasteiger partial charge in [0.1, 0.15) is 5.82 Å². The molecule has 4 saturated carbocycles. The van der Waals surface area contributed by atoms with Crippen LogP contribution in [0.3, 0.4) is 0 Å². The van der Waals surface area contributed by atoms with E-state index in [4.69, 9.17) is 5.73 Å². The maximum Gasteiger partial charge on any atom is 0.128 e. The second-order valence-corrected chi connectivity index (χ2v) is 7.48. The highest BCUT2D eigenvalue weighted by molar-refractivity contribution is 5.42. The molecule has 1 unspecified atom stereocenters. The largest absolute Gasteiger partial charge is 0.383 e. The smallest absolute Gasteiger partial charge is 0.128 e. The third kappa shape index (κ3) is 1.79. The van der Waals surface area contributed by atoms with Crippen molar-refractivity contribution in [3.05, 3.63) is 23.9 Å². The van der Waals surface area contributed by atoms with Gasteiger partial charge in [0, 0.05) is 17.8 Å². The van der Waals surface area contributed by atoms with Gasteiger partial charge in [-0.3, -0.25) is 0 Å². The third-order valence-corrected chi connectivity index (χ3v) is 6.17. The molecule has 1 aromatic rings. The summed E-state index contributed by atoms with van der Waals surface area (Å²) in [5, 5.41) is 3.60. The second kappa shape index (κ2) is 4.45. The first-order valence-corrected chi connectivity index (χ1v) is 8.08. The second-order valence-electron chi connectivity index (χ2n) is 7.48. The van der Waals surface area contributed by atoms with Crippen molar-refractivity contribution in [1.29, 1.82) is 0 Å². The van der Waals surface area contributed by atoms with E-state index in [1.807, 2.05) is 6.07 Å². The van der Waals surface area contributed by atoms with Crippen LogP contribution in [-0.4, -0.2) is 12.0 Å². The van der Waals surface area contributed by atoms with Crippen molar-refractivity contribution in [1.82, 2.24) is 10.3 Å². The number of hydrogen-bond donors (Lipinski definition) is 2. The van der Waals surface area contributed by atoms with Crippen molar-refractivity contribution < 1.29 is 0 Å². The molecule has 0 amide bonds. The minimum atomic E-state index is 0.379. The summed E-state index contributed by atoms with van der Waals surface area (Å²) in [5.74, 6) is 3.61. The lowest BCUT2D eigenvalue weighted by molar-refractivity contribution is -0.0735. The van der Waals surface area contributed by atoms with Crippen molar-refractivity contribution in [2.75, 3.05) is 12.8 Å². The van der Waals surface area contributed by atoms with Crippen LogP contribution in [0.2, 0.25) is 0 Å². The molecule has 108 valence electrons. The molecule has 4 bridgehead atoms. The van der Waals surface area contributed by atoms with Gasteiger partial charge in [-0.2, -0.15) is 0 Å². The fraction of sp³-hybridized carbons (Fsp3) is 0.706. The topological polar surface area (TPSA) is 50.9 Å². The van der Waals surface area contributed by atoms with Gasteiger partial charge in [0.05, 0.1) is 0 Å². The number of hydrogen-bond acceptors (Lipinski definition) is 3. The SMILES string of the molecule is CNC(c1cccnc1N)C12CC3CC(CC(C3)C1)C2. The van der Waals surface area contributed by atoms with Crippen LogP contribution in [0.15, 0.2) is 18.3 Å². The number of pyridine rings is 1. The van der Waals surface area contributed by atoms with Crippen molar-refractivity contribution in [3.63, 3.8) is 0 Å². The minimum Gasteiger partial charge on any atom is -0.383 e. The van der Waals surface area contributed by atoms with Crippen LogP contribution in [0.5, 0.6) is 0 Å². The molecule has 20 heavy (non-hydrogen) atoms. The van der Waals surface area contributed by atoms with Crippen LogP contribution in [0, 0.1) is 23.2 Å². The first-order chi connectivity index (χ1) is 9.70. The van der Waals surface area contributed by atoms with Crippen LogP contribution < -0.4 is 11.1 Å². The molecule has 5 rings (SSSR count). The van der Waals surface area contributed by atoms with E-state index in [-0.39, 0.29) is 0 Å². The lowest BCUT2D eigenvalue weighted by atomic mass is 9.47. The fourth-order valence-corrected chi connectivity index (χ4v) is 6.00. The summed E-state index contributed by atoms with van der Waals surface area (Å²) in [4.78, 5) is 4.31. The lowest BCUT2D eigenvalue weighted by Crippen LogP contribution is -2.51. The van der Waals surface area contributed by atoms with Gasteiger partial charge in [0.15, 0.2) is 0 Å². The first-order valence-electron chi connectivity index (χ1n) is 8.08. The Morgan fingerprint density at radius 1 is 1.20 bits per heavy atom. The van der Waals surface area contributed by atoms with Crippen molar-refractivity contribution >= 4 is 5.82 Å². The van der Waals surface area contributed by atoms with Gasteiger partial charge in [-0.05, 0) is 74.8 Å². The van der Waals surface area contributed by atoms with Gasteiger partial charge >= 0.3 is 0 Å². The highest BCUT2D eigenvalue weighted by Gasteiger charge is 2.54. The normalized spacial score (nSPS) is 40.0. The zero-order chi connectivity index (χ0) is 13.7. The van der Waals surface area contributed by atoms with E-state index in [0.29, 0.717) is 17.3 Å². The van der Waals surface area contributed by atoms with Gasteiger partial charge in [0.2, 0.25) is 0 Å². The minimum absolute atomic E-state index is 0.379. The van der Waals surface area contributed by atoms with E-state index >= 15 is 0 Å². The highest BCUT2D eigenvalue weighted by Crippen LogP contribution is 2.64. The summed E-state index contributed by atoms with van der Waals surface area (Å²) < 4.78 is 0. The molecule has 4 aliphatic carbocycles. The number of nitrogen functional groups attached to an aromatic ring is 1. The van der Waals surface area contributed by atoms with E-state index in [9.17, 15) is 0 Å². The van der Waals surface area contributed by atoms with Gasteiger partial charge in [-0.25, -0.2) is 4.98 Å². The van der Waals surface area contributed by atoms with Gasteiger partial charge in [0.25, 0.3) is 0 Å². The van der Waals surface area contributed by atoms with Crippen molar-refractivity contribution in [2.24, 2.45) is 23.2 Å². The molecule has 4 aliphatic rings. The quantitative estimate of drug-likeness (QED) is 0.888. The molecule has 3 N–H and O–H groups in total. The average molecular weight is 271 g/mol. The van der Waals surface area contributed by atoms with Gasteiger partial charge < -0.3 is 11.1 Å². The molecule has 1 heterocycles. The summed E-state index contributed by atoms with van der Waals surface area (Å²) in [7, 11) is 2.09. The number of anilines is 1. The predicted octanol–water partition coefficient (Wildman–Crippen LogP) is 3.14. The number of rotatable bonds is 3. The Kier molecular flexibility index (Phi) is 2.81. The van der Waals surface area contributed by atoms with Crippen LogP contribution in [0.25, 0.3) is 0 Å². The maximum absolute atomic E-state index is 6.16. The van der Waals surface area contributed by atoms with Crippen molar-refractivity contribution in [2.45, 2.75) is 44.6 Å². The molecule has 1 aromatic heterocycles. The first kappa shape index (κ1) is 12.6. The molecular weight excluding hydrogens is 246 g/mol. The van der Waals surface area contributed by atoms with E-state index in [0.717, 1.165) is 17.8 Å². The van der Waals surface area contributed by atoms with Crippen LogP contribution in [0.1, 0.15) is 50.1 Å². The number of nitrogens with zero attached hydrogens (tertiary/aromatic N) is 1. The Hall–Kier alpha value is -1.09. The Morgan fingerprint density at radius 3 is 2.30 bits per heavy atom. The Labute approximate surface area is 121 Å². The summed E-state index contributed by atoms with van der Waals surface area (Å²) in [6.45, 7) is 0. The summed E-state index contributed by atoms with van der Waals surface area (Å²) in [6, 6.07) is 4.57. The zero-order valence-electron chi connectivity index (χ0n) is 12.3. The summed E-state index contributed by atoms with van der Waals surface area (Å²) in [6.07, 6.45) is 10.4. The molecule has 0 saturated heterocycles. The lowest BCUT2D eigenvalue weighted by Gasteiger charge is -2.59. The van der Waals surface area contributed by atoms with E-state index in [1.54, 1.807) is 6.20 Å².